The van der Waals surface area contributed by atoms with E-state index in [0.717, 1.165) is 27.9 Å². The molecule has 0 aliphatic heterocycles. The van der Waals surface area contributed by atoms with Crippen LogP contribution in [-0.2, 0) is 16.2 Å². The van der Waals surface area contributed by atoms with E-state index in [9.17, 15) is 9.59 Å². The molecule has 0 fully saturated rings. The van der Waals surface area contributed by atoms with E-state index in [1.54, 1.807) is 18.2 Å². The zero-order chi connectivity index (χ0) is 25.9. The first kappa shape index (κ1) is 26.8. The molecule has 2 amide bonds. The minimum absolute atomic E-state index is 0.0209. The van der Waals surface area contributed by atoms with Crippen LogP contribution in [0, 0.1) is 13.8 Å². The Morgan fingerprint density at radius 2 is 1.72 bits per heavy atom. The van der Waals surface area contributed by atoms with Gasteiger partial charge in [0.05, 0.1) is 12.8 Å². The number of nitrogens with one attached hydrogen (secondary N) is 2. The highest BCUT2D eigenvalue weighted by Gasteiger charge is 2.10. The van der Waals surface area contributed by atoms with Crippen LogP contribution in [0.25, 0.3) is 0 Å². The summed E-state index contributed by atoms with van der Waals surface area (Å²) >= 11 is 6.20. The minimum Gasteiger partial charge on any atom is -0.490 e. The van der Waals surface area contributed by atoms with Crippen LogP contribution >= 0.6 is 11.6 Å². The van der Waals surface area contributed by atoms with E-state index >= 15 is 0 Å². The Hall–Kier alpha value is -3.84. The molecule has 0 unspecified atom stereocenters. The average Bonchev–Trinajstić information content (AvgIpc) is 2.85. The zero-order valence-corrected chi connectivity index (χ0v) is 21.4. The number of hydrogen-bond donors (Lipinski definition) is 2. The van der Waals surface area contributed by atoms with Gasteiger partial charge >= 0.3 is 0 Å². The number of rotatable bonds is 11. The summed E-state index contributed by atoms with van der Waals surface area (Å²) < 4.78 is 11.6. The van der Waals surface area contributed by atoms with E-state index in [1.165, 1.54) is 6.21 Å². The molecule has 36 heavy (non-hydrogen) atoms. The molecule has 0 spiro atoms. The Bertz CT molecular complexity index is 1240. The molecule has 0 heterocycles. The van der Waals surface area contributed by atoms with Gasteiger partial charge in [-0.25, -0.2) is 5.43 Å². The number of amides is 2. The monoisotopic (exact) mass is 507 g/mol. The third-order valence-electron chi connectivity index (χ3n) is 5.26. The van der Waals surface area contributed by atoms with Gasteiger partial charge in [-0.2, -0.15) is 5.10 Å². The molecular weight excluding hydrogens is 478 g/mol. The normalized spacial score (nSPS) is 10.8. The molecular formula is C28H30ClN3O4. The van der Waals surface area contributed by atoms with Crippen molar-refractivity contribution in [3.8, 4) is 11.5 Å². The summed E-state index contributed by atoms with van der Waals surface area (Å²) in [6, 6.07) is 18.7. The van der Waals surface area contributed by atoms with E-state index in [1.807, 2.05) is 63.2 Å². The first-order chi connectivity index (χ1) is 17.4. The second-order valence-corrected chi connectivity index (χ2v) is 8.59. The van der Waals surface area contributed by atoms with Crippen molar-refractivity contribution in [2.24, 2.45) is 5.10 Å². The molecule has 0 atom stereocenters. The molecule has 188 valence electrons. The molecule has 0 saturated carbocycles. The zero-order valence-electron chi connectivity index (χ0n) is 20.6. The number of halogens is 1. The summed E-state index contributed by atoms with van der Waals surface area (Å²) in [5, 5.41) is 7.48. The Morgan fingerprint density at radius 1 is 0.944 bits per heavy atom. The lowest BCUT2D eigenvalue weighted by Gasteiger charge is -2.13. The summed E-state index contributed by atoms with van der Waals surface area (Å²) in [5.41, 5.74) is 6.82. The molecule has 0 aliphatic rings. The van der Waals surface area contributed by atoms with Crippen molar-refractivity contribution in [2.75, 3.05) is 11.9 Å². The van der Waals surface area contributed by atoms with Gasteiger partial charge in [0.2, 0.25) is 11.8 Å². The van der Waals surface area contributed by atoms with E-state index < -0.39 is 0 Å². The number of hydrazone groups is 1. The van der Waals surface area contributed by atoms with Crippen molar-refractivity contribution >= 4 is 35.3 Å². The Balaban J connectivity index is 1.51. The van der Waals surface area contributed by atoms with Crippen LogP contribution in [0.3, 0.4) is 0 Å². The molecule has 3 aromatic carbocycles. The van der Waals surface area contributed by atoms with Crippen molar-refractivity contribution in [1.29, 1.82) is 0 Å². The average molecular weight is 508 g/mol. The Labute approximate surface area is 216 Å². The third-order valence-corrected chi connectivity index (χ3v) is 5.63. The van der Waals surface area contributed by atoms with Gasteiger partial charge in [-0.05, 0) is 67.8 Å². The summed E-state index contributed by atoms with van der Waals surface area (Å²) in [5.74, 6) is 0.555. The minimum atomic E-state index is -0.355. The van der Waals surface area contributed by atoms with Gasteiger partial charge in [-0.1, -0.05) is 41.9 Å². The Kier molecular flexibility index (Phi) is 9.89. The predicted octanol–water partition coefficient (Wildman–Crippen LogP) is 5.80. The standard InChI is InChI=1S/C28H30ClN3O4/c1-4-35-26-16-21(11-12-25(26)36-18-22-7-5-6-8-23(22)29)17-30-32-28(34)14-13-27(33)31-24-15-19(2)9-10-20(24)3/h5-12,15-17H,4,13-14,18H2,1-3H3,(H,31,33)(H,32,34). The first-order valence-electron chi connectivity index (χ1n) is 11.7. The maximum atomic E-state index is 12.2. The highest BCUT2D eigenvalue weighted by atomic mass is 35.5. The van der Waals surface area contributed by atoms with Crippen LogP contribution in [0.2, 0.25) is 5.02 Å². The molecule has 7 nitrogen and oxygen atoms in total. The number of carbonyl (C=O) groups is 2. The van der Waals surface area contributed by atoms with Crippen LogP contribution in [-0.4, -0.2) is 24.6 Å². The van der Waals surface area contributed by atoms with Gasteiger partial charge in [-0.15, -0.1) is 0 Å². The van der Waals surface area contributed by atoms with Crippen molar-refractivity contribution in [1.82, 2.24) is 5.43 Å². The van der Waals surface area contributed by atoms with Crippen LogP contribution in [0.4, 0.5) is 5.69 Å². The molecule has 8 heteroatoms. The molecule has 0 bridgehead atoms. The molecule has 0 radical (unpaired) electrons. The number of hydrogen-bond acceptors (Lipinski definition) is 5. The molecule has 0 saturated heterocycles. The van der Waals surface area contributed by atoms with Gasteiger partial charge in [0.15, 0.2) is 11.5 Å². The highest BCUT2D eigenvalue weighted by molar-refractivity contribution is 6.31. The van der Waals surface area contributed by atoms with E-state index in [-0.39, 0.29) is 24.7 Å². The summed E-state index contributed by atoms with van der Waals surface area (Å²) in [6.45, 7) is 6.53. The lowest BCUT2D eigenvalue weighted by molar-refractivity contribution is -0.124. The molecule has 0 aliphatic carbocycles. The predicted molar refractivity (Wildman–Crippen MR) is 143 cm³/mol. The van der Waals surface area contributed by atoms with Gasteiger partial charge in [0.1, 0.15) is 6.61 Å². The van der Waals surface area contributed by atoms with Gasteiger partial charge in [0, 0.05) is 29.1 Å². The van der Waals surface area contributed by atoms with Gasteiger partial charge < -0.3 is 14.8 Å². The summed E-state index contributed by atoms with van der Waals surface area (Å²) in [6.07, 6.45) is 1.59. The van der Waals surface area contributed by atoms with E-state index in [4.69, 9.17) is 21.1 Å². The fraction of sp³-hybridized carbons (Fsp3) is 0.250. The van der Waals surface area contributed by atoms with Crippen LogP contribution in [0.15, 0.2) is 65.8 Å². The van der Waals surface area contributed by atoms with Gasteiger partial charge in [-0.3, -0.25) is 9.59 Å². The van der Waals surface area contributed by atoms with Crippen molar-refractivity contribution < 1.29 is 19.1 Å². The van der Waals surface area contributed by atoms with Crippen LogP contribution in [0.1, 0.15) is 42.0 Å². The number of anilines is 1. The van der Waals surface area contributed by atoms with E-state index in [2.05, 4.69) is 15.8 Å². The lowest BCUT2D eigenvalue weighted by Crippen LogP contribution is -2.21. The number of benzene rings is 3. The molecule has 3 rings (SSSR count). The van der Waals surface area contributed by atoms with Crippen LogP contribution < -0.4 is 20.2 Å². The number of ether oxygens (including phenoxy) is 2. The van der Waals surface area contributed by atoms with Gasteiger partial charge in [0.25, 0.3) is 0 Å². The largest absolute Gasteiger partial charge is 0.490 e. The van der Waals surface area contributed by atoms with Crippen LogP contribution in [0.5, 0.6) is 11.5 Å². The molecule has 0 aromatic heterocycles. The quantitative estimate of drug-likeness (QED) is 0.253. The summed E-state index contributed by atoms with van der Waals surface area (Å²) in [7, 11) is 0. The fourth-order valence-electron chi connectivity index (χ4n) is 3.31. The molecule has 2 N–H and O–H groups in total. The highest BCUT2D eigenvalue weighted by Crippen LogP contribution is 2.29. The lowest BCUT2D eigenvalue weighted by atomic mass is 10.1. The first-order valence-corrected chi connectivity index (χ1v) is 12.1. The topological polar surface area (TPSA) is 89.0 Å². The number of aryl methyl sites for hydroxylation is 2. The van der Waals surface area contributed by atoms with Crippen molar-refractivity contribution in [2.45, 2.75) is 40.2 Å². The third kappa shape index (κ3) is 8.13. The maximum absolute atomic E-state index is 12.2. The molecule has 3 aromatic rings. The van der Waals surface area contributed by atoms with Crippen molar-refractivity contribution in [3.63, 3.8) is 0 Å². The second-order valence-electron chi connectivity index (χ2n) is 8.18. The smallest absolute Gasteiger partial charge is 0.240 e. The summed E-state index contributed by atoms with van der Waals surface area (Å²) in [4.78, 5) is 24.3. The Morgan fingerprint density at radius 3 is 2.50 bits per heavy atom. The number of carbonyl (C=O) groups excluding carboxylic acids is 2. The number of nitrogens with zero attached hydrogens (tertiary/aromatic N) is 1. The van der Waals surface area contributed by atoms with Crippen molar-refractivity contribution in [3.05, 3.63) is 87.9 Å². The maximum Gasteiger partial charge on any atom is 0.240 e. The van der Waals surface area contributed by atoms with E-state index in [0.29, 0.717) is 29.7 Å². The SMILES string of the molecule is CCOc1cc(C=NNC(=O)CCC(=O)Nc2cc(C)ccc2C)ccc1OCc1ccccc1Cl. The fourth-order valence-corrected chi connectivity index (χ4v) is 3.50. The second kappa shape index (κ2) is 13.3.